The molecule has 0 bridgehead atoms. The number of ether oxygens (including phenoxy) is 1. The fraction of sp³-hybridized carbons (Fsp3) is 0.353. The van der Waals surface area contributed by atoms with Gasteiger partial charge in [0.2, 0.25) is 5.91 Å². The molecule has 156 valence electrons. The fourth-order valence-electron chi connectivity index (χ4n) is 2.74. The van der Waals surface area contributed by atoms with Crippen LogP contribution in [-0.4, -0.2) is 47.5 Å². The summed E-state index contributed by atoms with van der Waals surface area (Å²) in [5, 5.41) is -0.457. The average Bonchev–Trinajstić information content (AvgIpc) is 2.64. The summed E-state index contributed by atoms with van der Waals surface area (Å²) in [4.78, 5) is 36.3. The molecule has 0 saturated carbocycles. The molecule has 1 saturated heterocycles. The van der Waals surface area contributed by atoms with Gasteiger partial charge in [0.1, 0.15) is 5.38 Å². The van der Waals surface area contributed by atoms with Crippen molar-refractivity contribution in [2.75, 3.05) is 11.4 Å². The van der Waals surface area contributed by atoms with Gasteiger partial charge in [-0.2, -0.15) is 22.0 Å². The number of benzene rings is 1. The fourth-order valence-corrected chi connectivity index (χ4v) is 2.95. The second-order valence-electron chi connectivity index (χ2n) is 6.30. The third-order valence-electron chi connectivity index (χ3n) is 4.36. The Morgan fingerprint density at radius 1 is 1.21 bits per heavy atom. The largest absolute Gasteiger partial charge is 0.414 e. The predicted octanol–water partition coefficient (Wildman–Crippen LogP) is 3.40. The topological polar surface area (TPSA) is 75.7 Å². The number of halogens is 6. The molecular weight excluding hydrogens is 427 g/mol. The molecule has 2 unspecified atom stereocenters. The summed E-state index contributed by atoms with van der Waals surface area (Å²) in [6.07, 6.45) is 0.213. The smallest absolute Gasteiger partial charge is 0.383 e. The van der Waals surface area contributed by atoms with Gasteiger partial charge in [-0.05, 0) is 24.3 Å². The van der Waals surface area contributed by atoms with Gasteiger partial charge in [0.25, 0.3) is 0 Å². The third kappa shape index (κ3) is 3.43. The molecule has 2 aliphatic rings. The van der Waals surface area contributed by atoms with E-state index in [2.05, 4.69) is 4.74 Å². The van der Waals surface area contributed by atoms with Gasteiger partial charge in [0, 0.05) is 18.7 Å². The Balaban J connectivity index is 1.86. The van der Waals surface area contributed by atoms with Crippen molar-refractivity contribution in [1.82, 2.24) is 5.32 Å². The lowest BCUT2D eigenvalue weighted by atomic mass is 9.93. The van der Waals surface area contributed by atoms with Crippen molar-refractivity contribution in [3.05, 3.63) is 42.0 Å². The number of alkyl halides is 6. The van der Waals surface area contributed by atoms with Crippen LogP contribution in [0.25, 0.3) is 0 Å². The number of rotatable bonds is 3. The summed E-state index contributed by atoms with van der Waals surface area (Å²) in [6.45, 7) is -0.0274. The molecule has 3 rings (SSSR count). The van der Waals surface area contributed by atoms with E-state index in [9.17, 15) is 36.3 Å². The molecule has 0 spiro atoms. The average molecular weight is 439 g/mol. The highest BCUT2D eigenvalue weighted by Gasteiger charge is 2.75. The van der Waals surface area contributed by atoms with Crippen molar-refractivity contribution in [3.63, 3.8) is 0 Å². The Morgan fingerprint density at radius 3 is 2.55 bits per heavy atom. The maximum atomic E-state index is 14.6. The van der Waals surface area contributed by atoms with E-state index in [4.69, 9.17) is 11.6 Å². The monoisotopic (exact) mass is 438 g/mol. The highest BCUT2D eigenvalue weighted by molar-refractivity contribution is 6.22. The zero-order chi connectivity index (χ0) is 21.6. The van der Waals surface area contributed by atoms with Crippen LogP contribution in [0.5, 0.6) is 0 Å². The van der Waals surface area contributed by atoms with Crippen molar-refractivity contribution >= 4 is 35.2 Å². The van der Waals surface area contributed by atoms with E-state index < -0.39 is 46.5 Å². The van der Waals surface area contributed by atoms with Crippen molar-refractivity contribution < 1.29 is 41.1 Å². The second kappa shape index (κ2) is 6.97. The summed E-state index contributed by atoms with van der Waals surface area (Å²) in [7, 11) is 0. The van der Waals surface area contributed by atoms with Crippen molar-refractivity contribution in [2.45, 2.75) is 29.5 Å². The molecule has 0 aromatic heterocycles. The van der Waals surface area contributed by atoms with Crippen LogP contribution in [0, 0.1) is 0 Å². The maximum Gasteiger partial charge on any atom is 0.383 e. The summed E-state index contributed by atoms with van der Waals surface area (Å²) >= 11 is 5.11. The van der Waals surface area contributed by atoms with Crippen LogP contribution in [0.2, 0.25) is 0 Å². The zero-order valence-corrected chi connectivity index (χ0v) is 15.1. The van der Waals surface area contributed by atoms with Crippen LogP contribution < -0.4 is 10.2 Å². The third-order valence-corrected chi connectivity index (χ3v) is 4.78. The summed E-state index contributed by atoms with van der Waals surface area (Å²) in [6, 6.07) is 3.87. The molecule has 3 amide bonds. The number of carbonyl (C=O) groups is 3. The van der Waals surface area contributed by atoms with Crippen molar-refractivity contribution in [2.24, 2.45) is 0 Å². The van der Waals surface area contributed by atoms with Gasteiger partial charge >= 0.3 is 29.7 Å². The summed E-state index contributed by atoms with van der Waals surface area (Å²) in [5.74, 6) is -17.1. The highest BCUT2D eigenvalue weighted by atomic mass is 35.5. The van der Waals surface area contributed by atoms with Crippen LogP contribution in [0.4, 0.5) is 32.4 Å². The van der Waals surface area contributed by atoms with Gasteiger partial charge in [-0.25, -0.2) is 9.59 Å². The first kappa shape index (κ1) is 21.0. The van der Waals surface area contributed by atoms with Crippen molar-refractivity contribution in [1.29, 1.82) is 0 Å². The number of urea groups is 1. The predicted molar refractivity (Wildman–Crippen MR) is 89.9 cm³/mol. The number of carbonyl (C=O) groups excluding carboxylic acids is 3. The molecule has 1 N–H and O–H groups in total. The Hall–Kier alpha value is -2.69. The van der Waals surface area contributed by atoms with E-state index in [1.165, 1.54) is 12.1 Å². The van der Waals surface area contributed by atoms with Gasteiger partial charge in [0.05, 0.1) is 5.56 Å². The Morgan fingerprint density at radius 2 is 1.90 bits per heavy atom. The van der Waals surface area contributed by atoms with E-state index in [1.54, 1.807) is 0 Å². The number of nitrogens with one attached hydrogen (secondary N) is 1. The zero-order valence-electron chi connectivity index (χ0n) is 14.3. The molecular formula is C17H12ClF5N2O4. The summed E-state index contributed by atoms with van der Waals surface area (Å²) in [5.41, 5.74) is -0.404. The molecule has 12 heteroatoms. The lowest BCUT2D eigenvalue weighted by Crippen LogP contribution is -2.62. The number of amides is 3. The number of anilines is 1. The Labute approximate surface area is 165 Å². The maximum absolute atomic E-state index is 14.6. The number of hydrogen-bond donors (Lipinski definition) is 1. The number of hydrogen-bond acceptors (Lipinski definition) is 4. The van der Waals surface area contributed by atoms with Crippen LogP contribution in [-0.2, 0) is 9.53 Å². The Kier molecular flexibility index (Phi) is 5.06. The summed E-state index contributed by atoms with van der Waals surface area (Å²) < 4.78 is 74.0. The lowest BCUT2D eigenvalue weighted by molar-refractivity contribution is -0.315. The van der Waals surface area contributed by atoms with Gasteiger partial charge in [0.15, 0.2) is 0 Å². The molecule has 1 fully saturated rings. The van der Waals surface area contributed by atoms with E-state index in [0.717, 1.165) is 17.0 Å². The van der Waals surface area contributed by atoms with Crippen LogP contribution in [0.1, 0.15) is 16.8 Å². The molecule has 29 heavy (non-hydrogen) atoms. The lowest BCUT2D eigenvalue weighted by Gasteiger charge is -2.39. The molecule has 2 atom stereocenters. The molecule has 1 heterocycles. The van der Waals surface area contributed by atoms with E-state index in [1.807, 2.05) is 5.32 Å². The van der Waals surface area contributed by atoms with Gasteiger partial charge in [-0.3, -0.25) is 15.0 Å². The minimum atomic E-state index is -5.43. The van der Waals surface area contributed by atoms with E-state index >= 15 is 0 Å². The van der Waals surface area contributed by atoms with Crippen LogP contribution in [0.15, 0.2) is 36.4 Å². The first-order valence-corrected chi connectivity index (χ1v) is 8.55. The number of nitrogens with zero attached hydrogens (tertiary/aromatic N) is 1. The van der Waals surface area contributed by atoms with Crippen LogP contribution >= 0.6 is 11.6 Å². The van der Waals surface area contributed by atoms with Crippen molar-refractivity contribution in [3.8, 4) is 0 Å². The minimum Gasteiger partial charge on any atom is -0.414 e. The number of allylic oxidation sites excluding steroid dienone is 1. The van der Waals surface area contributed by atoms with Crippen LogP contribution in [0.3, 0.4) is 0 Å². The molecule has 6 nitrogen and oxygen atoms in total. The molecule has 1 aromatic carbocycles. The molecule has 1 aliphatic heterocycles. The molecule has 1 aliphatic carbocycles. The van der Waals surface area contributed by atoms with Gasteiger partial charge < -0.3 is 4.74 Å². The number of imide groups is 1. The Bertz CT molecular complexity index is 910. The van der Waals surface area contributed by atoms with Gasteiger partial charge in [-0.1, -0.05) is 12.1 Å². The normalized spacial score (nSPS) is 28.1. The van der Waals surface area contributed by atoms with E-state index in [0.29, 0.717) is 0 Å². The molecule has 0 radical (unpaired) electrons. The standard InChI is InChI=1S/C17H12ClF5N2O4/c18-11-4-6-15(19,17(22,23)16(11,20)21)29-13(27)9-2-1-3-10(8-9)25-7-5-12(26)24-14(25)28/h1-4,6,8,11H,5,7H2,(H,24,26,28). The van der Waals surface area contributed by atoms with Gasteiger partial charge in [-0.15, -0.1) is 11.6 Å². The first-order chi connectivity index (χ1) is 13.4. The number of esters is 1. The highest BCUT2D eigenvalue weighted by Crippen LogP contribution is 2.52. The van der Waals surface area contributed by atoms with E-state index in [-0.39, 0.29) is 30.8 Å². The quantitative estimate of drug-likeness (QED) is 0.340. The second-order valence-corrected chi connectivity index (χ2v) is 6.77. The minimum absolute atomic E-state index is 0.0274. The first-order valence-electron chi connectivity index (χ1n) is 8.12. The SMILES string of the molecule is O=C1CCN(c2cccc(C(=O)OC3(F)C=CC(Cl)C(F)(F)C3(F)F)c2)C(=O)N1. The molecule has 1 aromatic rings.